The molecule has 0 amide bonds. The molecule has 2 aromatic rings. The smallest absolute Gasteiger partial charge is 0.310 e. The van der Waals surface area contributed by atoms with Crippen LogP contribution in [0, 0.1) is 0 Å². The van der Waals surface area contributed by atoms with Gasteiger partial charge in [0.1, 0.15) is 0 Å². The number of esters is 1. The first kappa shape index (κ1) is 12.4. The Morgan fingerprint density at radius 2 is 2.11 bits per heavy atom. The van der Waals surface area contributed by atoms with E-state index in [1.807, 2.05) is 31.3 Å². The predicted octanol–water partition coefficient (Wildman–Crippen LogP) is 2.93. The summed E-state index contributed by atoms with van der Waals surface area (Å²) >= 11 is 0. The highest BCUT2D eigenvalue weighted by Gasteiger charge is 2.11. The fourth-order valence-electron chi connectivity index (χ4n) is 2.11. The standard InChI is InChI=1S/C15H17NO2/c1-11(2)9-16-10-12(8-15(17)18-3)13-6-4-5-7-14(13)16/h4-7,10H,1,8-9H2,2-3H3. The number of rotatable bonds is 4. The Bertz CT molecular complexity index is 596. The number of benzene rings is 1. The van der Waals surface area contributed by atoms with E-state index in [1.165, 1.54) is 7.11 Å². The van der Waals surface area contributed by atoms with E-state index in [2.05, 4.69) is 17.2 Å². The van der Waals surface area contributed by atoms with E-state index < -0.39 is 0 Å². The van der Waals surface area contributed by atoms with Crippen LogP contribution < -0.4 is 0 Å². The summed E-state index contributed by atoms with van der Waals surface area (Å²) in [5.41, 5.74) is 3.21. The number of methoxy groups -OCH3 is 1. The number of carbonyl (C=O) groups excluding carboxylic acids is 1. The topological polar surface area (TPSA) is 31.2 Å². The normalized spacial score (nSPS) is 10.6. The summed E-state index contributed by atoms with van der Waals surface area (Å²) in [6.07, 6.45) is 2.32. The van der Waals surface area contributed by atoms with Gasteiger partial charge in [0.25, 0.3) is 0 Å². The van der Waals surface area contributed by atoms with Crippen molar-refractivity contribution in [3.63, 3.8) is 0 Å². The van der Waals surface area contributed by atoms with Crippen LogP contribution in [0.25, 0.3) is 10.9 Å². The molecular formula is C15H17NO2. The zero-order valence-electron chi connectivity index (χ0n) is 10.8. The van der Waals surface area contributed by atoms with Crippen molar-refractivity contribution in [3.8, 4) is 0 Å². The van der Waals surface area contributed by atoms with Gasteiger partial charge in [-0.2, -0.15) is 0 Å². The number of ether oxygens (including phenoxy) is 1. The van der Waals surface area contributed by atoms with Crippen molar-refractivity contribution >= 4 is 16.9 Å². The Morgan fingerprint density at radius 3 is 2.78 bits per heavy atom. The van der Waals surface area contributed by atoms with Crippen LogP contribution in [0.4, 0.5) is 0 Å². The van der Waals surface area contributed by atoms with Gasteiger partial charge in [0.15, 0.2) is 0 Å². The molecule has 2 rings (SSSR count). The van der Waals surface area contributed by atoms with Crippen molar-refractivity contribution in [2.24, 2.45) is 0 Å². The number of carbonyl (C=O) groups is 1. The van der Waals surface area contributed by atoms with Crippen LogP contribution in [0.2, 0.25) is 0 Å². The van der Waals surface area contributed by atoms with Crippen molar-refractivity contribution in [1.29, 1.82) is 0 Å². The number of para-hydroxylation sites is 1. The fraction of sp³-hybridized carbons (Fsp3) is 0.267. The van der Waals surface area contributed by atoms with Gasteiger partial charge in [-0.3, -0.25) is 4.79 Å². The highest BCUT2D eigenvalue weighted by Crippen LogP contribution is 2.22. The number of fused-ring (bicyclic) bond motifs is 1. The monoisotopic (exact) mass is 243 g/mol. The van der Waals surface area contributed by atoms with Crippen LogP contribution in [-0.4, -0.2) is 17.6 Å². The lowest BCUT2D eigenvalue weighted by atomic mass is 10.1. The summed E-state index contributed by atoms with van der Waals surface area (Å²) in [7, 11) is 1.41. The summed E-state index contributed by atoms with van der Waals surface area (Å²) in [6.45, 7) is 6.69. The first-order valence-electron chi connectivity index (χ1n) is 5.89. The van der Waals surface area contributed by atoms with E-state index in [1.54, 1.807) is 0 Å². The molecule has 0 aliphatic rings. The second-order valence-electron chi connectivity index (χ2n) is 4.51. The van der Waals surface area contributed by atoms with E-state index in [0.29, 0.717) is 6.42 Å². The highest BCUT2D eigenvalue weighted by atomic mass is 16.5. The Balaban J connectivity index is 2.47. The quantitative estimate of drug-likeness (QED) is 0.610. The summed E-state index contributed by atoms with van der Waals surface area (Å²) in [6, 6.07) is 8.06. The summed E-state index contributed by atoms with van der Waals surface area (Å²) in [4.78, 5) is 11.4. The minimum atomic E-state index is -0.215. The van der Waals surface area contributed by atoms with Crippen molar-refractivity contribution in [3.05, 3.63) is 48.2 Å². The van der Waals surface area contributed by atoms with Gasteiger partial charge in [0.2, 0.25) is 0 Å². The third-order valence-corrected chi connectivity index (χ3v) is 2.87. The van der Waals surface area contributed by atoms with Crippen molar-refractivity contribution < 1.29 is 9.53 Å². The van der Waals surface area contributed by atoms with Crippen molar-refractivity contribution in [1.82, 2.24) is 4.57 Å². The lowest BCUT2D eigenvalue weighted by molar-refractivity contribution is -0.139. The second kappa shape index (κ2) is 5.08. The minimum Gasteiger partial charge on any atom is -0.469 e. The minimum absolute atomic E-state index is 0.215. The molecule has 1 aromatic heterocycles. The molecule has 3 heteroatoms. The van der Waals surface area contributed by atoms with Gasteiger partial charge in [0, 0.05) is 23.6 Å². The number of hydrogen-bond donors (Lipinski definition) is 0. The van der Waals surface area contributed by atoms with Crippen LogP contribution >= 0.6 is 0 Å². The van der Waals surface area contributed by atoms with E-state index >= 15 is 0 Å². The number of hydrogen-bond acceptors (Lipinski definition) is 2. The largest absolute Gasteiger partial charge is 0.469 e. The van der Waals surface area contributed by atoms with Crippen molar-refractivity contribution in [2.45, 2.75) is 19.9 Å². The van der Waals surface area contributed by atoms with E-state index in [0.717, 1.165) is 28.6 Å². The van der Waals surface area contributed by atoms with Crippen LogP contribution in [-0.2, 0) is 22.5 Å². The lowest BCUT2D eigenvalue weighted by Crippen LogP contribution is -2.04. The molecule has 0 fully saturated rings. The molecule has 0 atom stereocenters. The van der Waals surface area contributed by atoms with E-state index in [9.17, 15) is 4.79 Å². The maximum absolute atomic E-state index is 11.4. The van der Waals surface area contributed by atoms with Gasteiger partial charge in [-0.05, 0) is 18.6 Å². The Hall–Kier alpha value is -2.03. The maximum atomic E-state index is 11.4. The molecule has 0 aliphatic heterocycles. The zero-order chi connectivity index (χ0) is 13.1. The Kier molecular flexibility index (Phi) is 3.51. The molecule has 18 heavy (non-hydrogen) atoms. The molecule has 1 heterocycles. The van der Waals surface area contributed by atoms with Gasteiger partial charge in [-0.15, -0.1) is 0 Å². The van der Waals surface area contributed by atoms with E-state index in [4.69, 9.17) is 4.74 Å². The molecule has 0 spiro atoms. The highest BCUT2D eigenvalue weighted by molar-refractivity contribution is 5.87. The summed E-state index contributed by atoms with van der Waals surface area (Å²) in [5, 5.41) is 1.10. The lowest BCUT2D eigenvalue weighted by Gasteiger charge is -2.03. The molecule has 0 N–H and O–H groups in total. The maximum Gasteiger partial charge on any atom is 0.310 e. The first-order chi connectivity index (χ1) is 8.61. The van der Waals surface area contributed by atoms with Crippen molar-refractivity contribution in [2.75, 3.05) is 7.11 Å². The molecule has 0 radical (unpaired) electrons. The van der Waals surface area contributed by atoms with Gasteiger partial charge in [-0.1, -0.05) is 30.4 Å². The fourth-order valence-corrected chi connectivity index (χ4v) is 2.11. The predicted molar refractivity (Wildman–Crippen MR) is 72.5 cm³/mol. The molecular weight excluding hydrogens is 226 g/mol. The first-order valence-corrected chi connectivity index (χ1v) is 5.89. The van der Waals surface area contributed by atoms with Gasteiger partial charge in [0.05, 0.1) is 13.5 Å². The van der Waals surface area contributed by atoms with Gasteiger partial charge in [-0.25, -0.2) is 0 Å². The number of allylic oxidation sites excluding steroid dienone is 1. The van der Waals surface area contributed by atoms with Gasteiger partial charge >= 0.3 is 5.97 Å². The second-order valence-corrected chi connectivity index (χ2v) is 4.51. The molecule has 94 valence electrons. The molecule has 0 saturated heterocycles. The third kappa shape index (κ3) is 2.45. The number of aromatic nitrogens is 1. The average Bonchev–Trinajstić information content (AvgIpc) is 2.67. The van der Waals surface area contributed by atoms with Crippen LogP contribution in [0.3, 0.4) is 0 Å². The Labute approximate surface area is 107 Å². The molecule has 0 unspecified atom stereocenters. The molecule has 3 nitrogen and oxygen atoms in total. The molecule has 0 saturated carbocycles. The summed E-state index contributed by atoms with van der Waals surface area (Å²) in [5.74, 6) is -0.215. The number of nitrogens with zero attached hydrogens (tertiary/aromatic N) is 1. The average molecular weight is 243 g/mol. The van der Waals surface area contributed by atoms with Crippen LogP contribution in [0.1, 0.15) is 12.5 Å². The molecule has 0 aliphatic carbocycles. The van der Waals surface area contributed by atoms with E-state index in [-0.39, 0.29) is 5.97 Å². The molecule has 1 aromatic carbocycles. The zero-order valence-corrected chi connectivity index (χ0v) is 10.8. The van der Waals surface area contributed by atoms with Crippen LogP contribution in [0.5, 0.6) is 0 Å². The van der Waals surface area contributed by atoms with Gasteiger partial charge < -0.3 is 9.30 Å². The Morgan fingerprint density at radius 1 is 1.39 bits per heavy atom. The van der Waals surface area contributed by atoms with Crippen LogP contribution in [0.15, 0.2) is 42.6 Å². The third-order valence-electron chi connectivity index (χ3n) is 2.87. The SMILES string of the molecule is C=C(C)Cn1cc(CC(=O)OC)c2ccccc21. The summed E-state index contributed by atoms with van der Waals surface area (Å²) < 4.78 is 6.85. The molecule has 0 bridgehead atoms.